The monoisotopic (exact) mass is 435 g/mol. The van der Waals surface area contributed by atoms with Crippen molar-refractivity contribution in [3.8, 4) is 22.8 Å². The van der Waals surface area contributed by atoms with Gasteiger partial charge in [0.1, 0.15) is 11.5 Å². The van der Waals surface area contributed by atoms with E-state index in [1.54, 1.807) is 20.1 Å². The zero-order valence-electron chi connectivity index (χ0n) is 17.3. The zero-order chi connectivity index (χ0) is 21.8. The van der Waals surface area contributed by atoms with Gasteiger partial charge in [-0.05, 0) is 44.2 Å². The van der Waals surface area contributed by atoms with E-state index in [2.05, 4.69) is 26.7 Å². The maximum absolute atomic E-state index is 12.4. The number of anilines is 1. The molecule has 0 spiro atoms. The van der Waals surface area contributed by atoms with Crippen molar-refractivity contribution in [3.63, 3.8) is 0 Å². The number of amides is 1. The quantitative estimate of drug-likeness (QED) is 0.433. The van der Waals surface area contributed by atoms with E-state index in [0.29, 0.717) is 22.6 Å². The lowest BCUT2D eigenvalue weighted by molar-refractivity contribution is -0.113. The minimum Gasteiger partial charge on any atom is -0.497 e. The predicted octanol–water partition coefficient (Wildman–Crippen LogP) is 4.28. The molecule has 0 aliphatic heterocycles. The van der Waals surface area contributed by atoms with Crippen LogP contribution in [0.3, 0.4) is 0 Å². The van der Waals surface area contributed by atoms with Crippen LogP contribution < -0.4 is 10.1 Å². The first-order valence-electron chi connectivity index (χ1n) is 9.56. The molecule has 0 aliphatic rings. The molecule has 158 valence electrons. The number of hydrogen-bond donors (Lipinski definition) is 1. The van der Waals surface area contributed by atoms with E-state index in [0.717, 1.165) is 22.6 Å². The molecular formula is C22H21N5O3S. The number of thioether (sulfide) groups is 1. The number of hydrogen-bond acceptors (Lipinski definition) is 7. The summed E-state index contributed by atoms with van der Waals surface area (Å²) >= 11 is 1.29. The molecule has 9 heteroatoms. The van der Waals surface area contributed by atoms with Crippen molar-refractivity contribution in [2.45, 2.75) is 19.0 Å². The summed E-state index contributed by atoms with van der Waals surface area (Å²) in [6.45, 7) is 3.80. The Balaban J connectivity index is 1.62. The summed E-state index contributed by atoms with van der Waals surface area (Å²) in [5, 5.41) is 15.9. The van der Waals surface area contributed by atoms with Gasteiger partial charge >= 0.3 is 0 Å². The molecule has 8 nitrogen and oxygen atoms in total. The fourth-order valence-electron chi connectivity index (χ4n) is 3.03. The fraction of sp³-hybridized carbons (Fsp3) is 0.182. The standard InChI is InChI=1S/C22H21N5O3S/c1-14-5-4-6-16(11-14)21-24-25-22(27(21)17-7-9-18(29-3)10-8-17)31-13-20(28)23-19-12-15(2)30-26-19/h4-12H,13H2,1-3H3,(H,23,26,28). The number of benzene rings is 2. The molecule has 31 heavy (non-hydrogen) atoms. The lowest BCUT2D eigenvalue weighted by Gasteiger charge is -2.11. The van der Waals surface area contributed by atoms with Gasteiger partial charge in [0.15, 0.2) is 16.8 Å². The third-order valence-corrected chi connectivity index (χ3v) is 5.40. The summed E-state index contributed by atoms with van der Waals surface area (Å²) in [5.41, 5.74) is 2.94. The Kier molecular flexibility index (Phi) is 6.03. The normalized spacial score (nSPS) is 10.8. The third-order valence-electron chi connectivity index (χ3n) is 4.47. The fourth-order valence-corrected chi connectivity index (χ4v) is 3.78. The van der Waals surface area contributed by atoms with Crippen molar-refractivity contribution in [3.05, 3.63) is 65.9 Å². The Morgan fingerprint density at radius 3 is 2.61 bits per heavy atom. The molecule has 0 fully saturated rings. The van der Waals surface area contributed by atoms with E-state index in [-0.39, 0.29) is 11.7 Å². The van der Waals surface area contributed by atoms with Crippen molar-refractivity contribution in [1.82, 2.24) is 19.9 Å². The van der Waals surface area contributed by atoms with Crippen LogP contribution in [0.4, 0.5) is 5.82 Å². The van der Waals surface area contributed by atoms with Crippen molar-refractivity contribution < 1.29 is 14.1 Å². The van der Waals surface area contributed by atoms with E-state index in [1.165, 1.54) is 11.8 Å². The highest BCUT2D eigenvalue weighted by Gasteiger charge is 2.18. The third kappa shape index (κ3) is 4.77. The number of nitrogens with zero attached hydrogens (tertiary/aromatic N) is 4. The summed E-state index contributed by atoms with van der Waals surface area (Å²) in [6, 6.07) is 17.4. The molecule has 2 heterocycles. The lowest BCUT2D eigenvalue weighted by Crippen LogP contribution is -2.14. The van der Waals surface area contributed by atoms with Crippen molar-refractivity contribution in [1.29, 1.82) is 0 Å². The summed E-state index contributed by atoms with van der Waals surface area (Å²) in [7, 11) is 1.63. The molecule has 1 N–H and O–H groups in total. The minimum atomic E-state index is -0.209. The Labute approximate surface area is 183 Å². The van der Waals surface area contributed by atoms with Gasteiger partial charge in [-0.2, -0.15) is 0 Å². The van der Waals surface area contributed by atoms with Gasteiger partial charge in [-0.1, -0.05) is 40.7 Å². The van der Waals surface area contributed by atoms with E-state index in [1.807, 2.05) is 54.0 Å². The number of methoxy groups -OCH3 is 1. The van der Waals surface area contributed by atoms with Gasteiger partial charge in [0.25, 0.3) is 0 Å². The van der Waals surface area contributed by atoms with Crippen LogP contribution in [0.1, 0.15) is 11.3 Å². The molecule has 1 amide bonds. The maximum Gasteiger partial charge on any atom is 0.236 e. The first kappa shape index (κ1) is 20.7. The summed E-state index contributed by atoms with van der Waals surface area (Å²) in [6.07, 6.45) is 0. The average molecular weight is 436 g/mol. The number of nitrogens with one attached hydrogen (secondary N) is 1. The molecule has 2 aromatic heterocycles. The van der Waals surface area contributed by atoms with Gasteiger partial charge in [-0.3, -0.25) is 9.36 Å². The van der Waals surface area contributed by atoms with Crippen LogP contribution in [0.25, 0.3) is 17.1 Å². The van der Waals surface area contributed by atoms with Gasteiger partial charge < -0.3 is 14.6 Å². The number of carbonyl (C=O) groups is 1. The van der Waals surface area contributed by atoms with Crippen LogP contribution in [0.15, 0.2) is 64.3 Å². The van der Waals surface area contributed by atoms with E-state index < -0.39 is 0 Å². The van der Waals surface area contributed by atoms with Gasteiger partial charge in [0.05, 0.1) is 12.9 Å². The van der Waals surface area contributed by atoms with E-state index in [4.69, 9.17) is 9.26 Å². The van der Waals surface area contributed by atoms with Crippen LogP contribution >= 0.6 is 11.8 Å². The second kappa shape index (κ2) is 9.05. The van der Waals surface area contributed by atoms with Gasteiger partial charge in [0.2, 0.25) is 5.91 Å². The molecule has 0 radical (unpaired) electrons. The SMILES string of the molecule is COc1ccc(-n2c(SCC(=O)Nc3cc(C)on3)nnc2-c2cccc(C)c2)cc1. The second-order valence-corrected chi connectivity index (χ2v) is 7.81. The summed E-state index contributed by atoms with van der Waals surface area (Å²) in [5.74, 6) is 2.41. The minimum absolute atomic E-state index is 0.147. The number of carbonyl (C=O) groups excluding carboxylic acids is 1. The lowest BCUT2D eigenvalue weighted by atomic mass is 10.1. The zero-order valence-corrected chi connectivity index (χ0v) is 18.1. The summed E-state index contributed by atoms with van der Waals surface area (Å²) < 4.78 is 12.2. The van der Waals surface area contributed by atoms with E-state index >= 15 is 0 Å². The molecule has 0 atom stereocenters. The molecule has 0 saturated carbocycles. The Bertz CT molecular complexity index is 1200. The largest absolute Gasteiger partial charge is 0.497 e. The highest BCUT2D eigenvalue weighted by atomic mass is 32.2. The smallest absolute Gasteiger partial charge is 0.236 e. The number of rotatable bonds is 7. The molecular weight excluding hydrogens is 414 g/mol. The van der Waals surface area contributed by atoms with Crippen LogP contribution in [0, 0.1) is 13.8 Å². The molecule has 4 rings (SSSR count). The highest BCUT2D eigenvalue weighted by molar-refractivity contribution is 7.99. The van der Waals surface area contributed by atoms with Crippen LogP contribution in [-0.2, 0) is 4.79 Å². The van der Waals surface area contributed by atoms with Crippen LogP contribution in [0.5, 0.6) is 5.75 Å². The molecule has 2 aromatic carbocycles. The number of aromatic nitrogens is 4. The molecule has 0 unspecified atom stereocenters. The number of aryl methyl sites for hydroxylation is 2. The van der Waals surface area contributed by atoms with Gasteiger partial charge in [0, 0.05) is 17.3 Å². The molecule has 4 aromatic rings. The van der Waals surface area contributed by atoms with Crippen molar-refractivity contribution in [2.24, 2.45) is 0 Å². The molecule has 0 saturated heterocycles. The first-order valence-corrected chi connectivity index (χ1v) is 10.5. The number of ether oxygens (including phenoxy) is 1. The average Bonchev–Trinajstić information content (AvgIpc) is 3.38. The van der Waals surface area contributed by atoms with Crippen molar-refractivity contribution in [2.75, 3.05) is 18.2 Å². The molecule has 0 bridgehead atoms. The maximum atomic E-state index is 12.4. The topological polar surface area (TPSA) is 95.1 Å². The van der Waals surface area contributed by atoms with E-state index in [9.17, 15) is 4.79 Å². The van der Waals surface area contributed by atoms with Crippen molar-refractivity contribution >= 4 is 23.5 Å². The first-order chi connectivity index (χ1) is 15.0. The highest BCUT2D eigenvalue weighted by Crippen LogP contribution is 2.29. The van der Waals surface area contributed by atoms with Gasteiger partial charge in [-0.15, -0.1) is 10.2 Å². The second-order valence-electron chi connectivity index (χ2n) is 6.87. The van der Waals surface area contributed by atoms with Crippen LogP contribution in [0.2, 0.25) is 0 Å². The predicted molar refractivity (Wildman–Crippen MR) is 119 cm³/mol. The summed E-state index contributed by atoms with van der Waals surface area (Å²) in [4.78, 5) is 12.4. The Hall–Kier alpha value is -3.59. The Morgan fingerprint density at radius 1 is 1.13 bits per heavy atom. The Morgan fingerprint density at radius 2 is 1.94 bits per heavy atom. The van der Waals surface area contributed by atoms with Gasteiger partial charge in [-0.25, -0.2) is 0 Å². The van der Waals surface area contributed by atoms with Crippen LogP contribution in [-0.4, -0.2) is 38.7 Å². The molecule has 0 aliphatic carbocycles.